The molecule has 23 heavy (non-hydrogen) atoms. The second kappa shape index (κ2) is 7.13. The smallest absolute Gasteiger partial charge is 0.339 e. The zero-order valence-corrected chi connectivity index (χ0v) is 13.7. The van der Waals surface area contributed by atoms with Gasteiger partial charge in [-0.15, -0.1) is 0 Å². The largest absolute Gasteiger partial charge is 0.466 e. The number of fused-ring (bicyclic) bond motifs is 1. The molecule has 0 unspecified atom stereocenters. The molecular weight excluding hydrogens is 294 g/mol. The van der Waals surface area contributed by atoms with Gasteiger partial charge in [-0.05, 0) is 32.0 Å². The first-order chi connectivity index (χ1) is 11.0. The van der Waals surface area contributed by atoms with E-state index in [9.17, 15) is 9.59 Å². The summed E-state index contributed by atoms with van der Waals surface area (Å²) < 4.78 is 10.0. The van der Waals surface area contributed by atoms with Gasteiger partial charge >= 0.3 is 11.6 Å². The Morgan fingerprint density at radius 3 is 2.57 bits per heavy atom. The van der Waals surface area contributed by atoms with Gasteiger partial charge < -0.3 is 14.1 Å². The molecule has 0 aliphatic carbocycles. The van der Waals surface area contributed by atoms with Gasteiger partial charge in [0.25, 0.3) is 0 Å². The number of rotatable bonds is 6. The van der Waals surface area contributed by atoms with E-state index in [4.69, 9.17) is 4.42 Å². The van der Waals surface area contributed by atoms with Crippen LogP contribution in [-0.2, 0) is 16.0 Å². The summed E-state index contributed by atoms with van der Waals surface area (Å²) in [5, 5.41) is 0.813. The van der Waals surface area contributed by atoms with Crippen molar-refractivity contribution < 1.29 is 13.9 Å². The fourth-order valence-corrected chi connectivity index (χ4v) is 2.50. The molecule has 0 aliphatic rings. The van der Waals surface area contributed by atoms with E-state index >= 15 is 0 Å². The fourth-order valence-electron chi connectivity index (χ4n) is 2.50. The van der Waals surface area contributed by atoms with Crippen LogP contribution in [0.4, 0.5) is 5.69 Å². The number of hydrogen-bond acceptors (Lipinski definition) is 5. The molecule has 5 heteroatoms. The topological polar surface area (TPSA) is 59.8 Å². The van der Waals surface area contributed by atoms with Crippen molar-refractivity contribution in [2.24, 2.45) is 0 Å². The molecule has 0 radical (unpaired) electrons. The van der Waals surface area contributed by atoms with Crippen LogP contribution in [0.3, 0.4) is 0 Å². The molecule has 0 atom stereocenters. The summed E-state index contributed by atoms with van der Waals surface area (Å²) in [4.78, 5) is 25.7. The number of methoxy groups -OCH3 is 1. The Hall–Kier alpha value is -2.56. The van der Waals surface area contributed by atoms with Crippen LogP contribution in [0.1, 0.15) is 19.4 Å². The summed E-state index contributed by atoms with van der Waals surface area (Å²) in [5.74, 6) is -0.527. The van der Waals surface area contributed by atoms with Gasteiger partial charge in [0.2, 0.25) is 0 Å². The lowest BCUT2D eigenvalue weighted by Crippen LogP contribution is -2.21. The van der Waals surface area contributed by atoms with E-state index in [1.54, 1.807) is 6.07 Å². The Labute approximate surface area is 135 Å². The summed E-state index contributed by atoms with van der Waals surface area (Å²) in [6.07, 6.45) is 0.114. The van der Waals surface area contributed by atoms with E-state index in [0.717, 1.165) is 24.2 Å². The predicted molar refractivity (Wildman–Crippen MR) is 90.9 cm³/mol. The Kier molecular flexibility index (Phi) is 5.21. The summed E-state index contributed by atoms with van der Waals surface area (Å²) in [6, 6.07) is 7.51. The van der Waals surface area contributed by atoms with Crippen molar-refractivity contribution >= 4 is 22.6 Å². The molecule has 0 amide bonds. The molecule has 0 fully saturated rings. The summed E-state index contributed by atoms with van der Waals surface area (Å²) in [7, 11) is 1.28. The molecule has 0 bridgehead atoms. The van der Waals surface area contributed by atoms with Gasteiger partial charge in [0.15, 0.2) is 0 Å². The molecule has 0 saturated heterocycles. The highest BCUT2D eigenvalue weighted by atomic mass is 16.5. The highest BCUT2D eigenvalue weighted by molar-refractivity contribution is 5.88. The first-order valence-electron chi connectivity index (χ1n) is 7.58. The van der Waals surface area contributed by atoms with Gasteiger partial charge in [-0.3, -0.25) is 0 Å². The average Bonchev–Trinajstić information content (AvgIpc) is 2.55. The van der Waals surface area contributed by atoms with E-state index in [0.29, 0.717) is 11.1 Å². The van der Waals surface area contributed by atoms with Gasteiger partial charge in [0.1, 0.15) is 5.58 Å². The number of nitrogens with zero attached hydrogens (tertiary/aromatic N) is 1. The normalized spacial score (nSPS) is 10.6. The molecule has 1 heterocycles. The molecule has 0 N–H and O–H groups in total. The molecule has 5 nitrogen and oxygen atoms in total. The second-order valence-electron chi connectivity index (χ2n) is 5.23. The molecule has 2 rings (SSSR count). The van der Waals surface area contributed by atoms with Crippen molar-refractivity contribution in [2.45, 2.75) is 20.3 Å². The first kappa shape index (κ1) is 16.8. The van der Waals surface area contributed by atoms with Crippen molar-refractivity contribution in [1.82, 2.24) is 0 Å². The molecule has 2 aromatic rings. The monoisotopic (exact) mass is 315 g/mol. The van der Waals surface area contributed by atoms with Crippen LogP contribution < -0.4 is 10.5 Å². The maximum absolute atomic E-state index is 12.1. The second-order valence-corrected chi connectivity index (χ2v) is 5.23. The third-order valence-electron chi connectivity index (χ3n) is 3.80. The number of ether oxygens (including phenoxy) is 1. The van der Waals surface area contributed by atoms with E-state index in [-0.39, 0.29) is 12.0 Å². The van der Waals surface area contributed by atoms with Crippen molar-refractivity contribution in [3.8, 4) is 0 Å². The van der Waals surface area contributed by atoms with E-state index in [2.05, 4.69) is 30.1 Å². The molecule has 122 valence electrons. The minimum absolute atomic E-state index is 0.114. The average molecular weight is 315 g/mol. The minimum Gasteiger partial charge on any atom is -0.466 e. The van der Waals surface area contributed by atoms with Crippen LogP contribution in [0.2, 0.25) is 0 Å². The zero-order valence-electron chi connectivity index (χ0n) is 13.7. The first-order valence-corrected chi connectivity index (χ1v) is 7.58. The standard InChI is InChI=1S/C18H21NO4/c1-5-19(6-2)15-8-7-13-10-14(9-12(3)17(20)22-4)18(21)23-16(13)11-15/h7-8,10-11H,3,5-6,9H2,1-2,4H3. The number of esters is 1. The number of benzene rings is 1. The number of carbonyl (C=O) groups is 1. The Bertz CT molecular complexity index is 787. The third-order valence-corrected chi connectivity index (χ3v) is 3.80. The SMILES string of the molecule is C=C(Cc1cc2ccc(N(CC)CC)cc2oc1=O)C(=O)OC. The lowest BCUT2D eigenvalue weighted by atomic mass is 10.1. The van der Waals surface area contributed by atoms with Crippen molar-refractivity contribution in [3.63, 3.8) is 0 Å². The molecule has 1 aromatic heterocycles. The molecule has 0 saturated carbocycles. The Balaban J connectivity index is 2.39. The maximum Gasteiger partial charge on any atom is 0.339 e. The predicted octanol–water partition coefficient (Wildman–Crippen LogP) is 2.91. The third kappa shape index (κ3) is 3.62. The van der Waals surface area contributed by atoms with Crippen LogP contribution in [0, 0.1) is 0 Å². The Morgan fingerprint density at radius 2 is 1.96 bits per heavy atom. The van der Waals surface area contributed by atoms with Gasteiger partial charge in [-0.1, -0.05) is 6.58 Å². The zero-order chi connectivity index (χ0) is 17.0. The van der Waals surface area contributed by atoms with Gasteiger partial charge in [0, 0.05) is 47.8 Å². The van der Waals surface area contributed by atoms with E-state index < -0.39 is 11.6 Å². The lowest BCUT2D eigenvalue weighted by molar-refractivity contribution is -0.136. The molecule has 0 spiro atoms. The van der Waals surface area contributed by atoms with Gasteiger partial charge in [-0.2, -0.15) is 0 Å². The van der Waals surface area contributed by atoms with Crippen LogP contribution in [0.15, 0.2) is 45.6 Å². The van der Waals surface area contributed by atoms with E-state index in [1.165, 1.54) is 7.11 Å². The molecular formula is C18H21NO4. The summed E-state index contributed by atoms with van der Waals surface area (Å²) >= 11 is 0. The highest BCUT2D eigenvalue weighted by Gasteiger charge is 2.13. The summed E-state index contributed by atoms with van der Waals surface area (Å²) in [6.45, 7) is 9.55. The number of carbonyl (C=O) groups excluding carboxylic acids is 1. The van der Waals surface area contributed by atoms with Crippen molar-refractivity contribution in [3.05, 3.63) is 52.4 Å². The quantitative estimate of drug-likeness (QED) is 0.466. The number of hydrogen-bond donors (Lipinski definition) is 0. The fraction of sp³-hybridized carbons (Fsp3) is 0.333. The van der Waals surface area contributed by atoms with Gasteiger partial charge in [0.05, 0.1) is 7.11 Å². The van der Waals surface area contributed by atoms with Gasteiger partial charge in [-0.25, -0.2) is 9.59 Å². The van der Waals surface area contributed by atoms with Crippen LogP contribution in [0.5, 0.6) is 0 Å². The summed E-state index contributed by atoms with van der Waals surface area (Å²) in [5.41, 5.74) is 1.70. The minimum atomic E-state index is -0.527. The van der Waals surface area contributed by atoms with Crippen LogP contribution in [0.25, 0.3) is 11.0 Å². The molecule has 0 aliphatic heterocycles. The van der Waals surface area contributed by atoms with Crippen molar-refractivity contribution in [1.29, 1.82) is 0 Å². The number of anilines is 1. The lowest BCUT2D eigenvalue weighted by Gasteiger charge is -2.21. The van der Waals surface area contributed by atoms with Crippen molar-refractivity contribution in [2.75, 3.05) is 25.1 Å². The van der Waals surface area contributed by atoms with Crippen LogP contribution in [-0.4, -0.2) is 26.2 Å². The van der Waals surface area contributed by atoms with E-state index in [1.807, 2.05) is 18.2 Å². The highest BCUT2D eigenvalue weighted by Crippen LogP contribution is 2.22. The Morgan fingerprint density at radius 1 is 1.26 bits per heavy atom. The molecule has 1 aromatic carbocycles. The van der Waals surface area contributed by atoms with Crippen LogP contribution >= 0.6 is 0 Å². The maximum atomic E-state index is 12.1.